The van der Waals surface area contributed by atoms with Gasteiger partial charge in [0.1, 0.15) is 5.69 Å². The maximum absolute atomic E-state index is 12.9. The third kappa shape index (κ3) is 3.00. The summed E-state index contributed by atoms with van der Waals surface area (Å²) >= 11 is 0. The summed E-state index contributed by atoms with van der Waals surface area (Å²) in [6.45, 7) is 0.598. The Bertz CT molecular complexity index is 1080. The van der Waals surface area contributed by atoms with Crippen molar-refractivity contribution in [3.63, 3.8) is 0 Å². The van der Waals surface area contributed by atoms with Crippen molar-refractivity contribution in [2.45, 2.75) is 19.1 Å². The molecule has 0 spiro atoms. The number of alkyl halides is 3. The lowest BCUT2D eigenvalue weighted by molar-refractivity contribution is -0.137. The quantitative estimate of drug-likeness (QED) is 0.627. The number of carbonyl (C=O) groups excluding carboxylic acids is 2. The molecule has 2 amide bonds. The first kappa shape index (κ1) is 18.1. The van der Waals surface area contributed by atoms with Crippen LogP contribution in [0.15, 0.2) is 24.3 Å². The van der Waals surface area contributed by atoms with Gasteiger partial charge in [-0.2, -0.15) is 18.3 Å². The summed E-state index contributed by atoms with van der Waals surface area (Å²) in [5, 5.41) is 9.65. The molecular weight excluding hydrogens is 375 g/mol. The normalized spacial score (nSPS) is 14.2. The third-order valence-electron chi connectivity index (χ3n) is 4.84. The second kappa shape index (κ2) is 6.39. The van der Waals surface area contributed by atoms with Gasteiger partial charge in [0, 0.05) is 42.2 Å². The lowest BCUT2D eigenvalue weighted by Crippen LogP contribution is -2.36. The van der Waals surface area contributed by atoms with E-state index in [1.807, 2.05) is 0 Å². The van der Waals surface area contributed by atoms with Gasteiger partial charge < -0.3 is 15.2 Å². The van der Waals surface area contributed by atoms with Gasteiger partial charge in [-0.3, -0.25) is 14.7 Å². The first-order chi connectivity index (χ1) is 13.3. The topological polar surface area (TPSA) is 93.9 Å². The predicted molar refractivity (Wildman–Crippen MR) is 93.7 cm³/mol. The van der Waals surface area contributed by atoms with E-state index in [9.17, 15) is 22.8 Å². The van der Waals surface area contributed by atoms with Gasteiger partial charge in [0.25, 0.3) is 11.8 Å². The number of halogens is 3. The number of aromatic nitrogens is 3. The standard InChI is InChI=1S/C18H16F3N5O2/c1-22-16(27)15-11-8-26(5-4-13(11)24-25-15)17(28)14-7-9-6-10(18(19,20)21)2-3-12(9)23-14/h2-3,6-7,23H,4-5,8H2,1H3,(H,22,27)(H,24,25). The lowest BCUT2D eigenvalue weighted by atomic mass is 10.0. The zero-order chi connectivity index (χ0) is 20.1. The summed E-state index contributed by atoms with van der Waals surface area (Å²) in [7, 11) is 1.49. The molecule has 1 aliphatic heterocycles. The van der Waals surface area contributed by atoms with E-state index in [4.69, 9.17) is 0 Å². The Morgan fingerprint density at radius 2 is 2.04 bits per heavy atom. The van der Waals surface area contributed by atoms with Crippen molar-refractivity contribution in [1.82, 2.24) is 25.4 Å². The Morgan fingerprint density at radius 3 is 2.75 bits per heavy atom. The number of hydrogen-bond acceptors (Lipinski definition) is 3. The number of amides is 2. The molecule has 3 aromatic rings. The summed E-state index contributed by atoms with van der Waals surface area (Å²) in [5.41, 5.74) is 1.56. The summed E-state index contributed by atoms with van der Waals surface area (Å²) in [5.74, 6) is -0.698. The van der Waals surface area contributed by atoms with Gasteiger partial charge in [0.05, 0.1) is 12.1 Å². The van der Waals surface area contributed by atoms with E-state index < -0.39 is 11.7 Å². The average molecular weight is 391 g/mol. The van der Waals surface area contributed by atoms with Crippen molar-refractivity contribution >= 4 is 22.7 Å². The van der Waals surface area contributed by atoms with Crippen molar-refractivity contribution < 1.29 is 22.8 Å². The van der Waals surface area contributed by atoms with Gasteiger partial charge in [-0.1, -0.05) is 0 Å². The third-order valence-corrected chi connectivity index (χ3v) is 4.84. The molecule has 4 rings (SSSR count). The van der Waals surface area contributed by atoms with E-state index in [1.54, 1.807) is 4.90 Å². The molecule has 1 aromatic carbocycles. The molecule has 1 aliphatic rings. The van der Waals surface area contributed by atoms with Crippen LogP contribution in [0, 0.1) is 0 Å². The minimum atomic E-state index is -4.45. The summed E-state index contributed by atoms with van der Waals surface area (Å²) in [6.07, 6.45) is -3.94. The molecule has 0 atom stereocenters. The van der Waals surface area contributed by atoms with Crippen molar-refractivity contribution in [1.29, 1.82) is 0 Å². The second-order valence-corrected chi connectivity index (χ2v) is 6.57. The van der Waals surface area contributed by atoms with E-state index in [0.29, 0.717) is 29.4 Å². The van der Waals surface area contributed by atoms with Gasteiger partial charge in [0.15, 0.2) is 5.69 Å². The van der Waals surface area contributed by atoms with Crippen LogP contribution in [-0.2, 0) is 19.1 Å². The molecule has 2 aromatic heterocycles. The van der Waals surface area contributed by atoms with Crippen molar-refractivity contribution in [2.75, 3.05) is 13.6 Å². The van der Waals surface area contributed by atoms with Crippen LogP contribution >= 0.6 is 0 Å². The summed E-state index contributed by atoms with van der Waals surface area (Å²) in [4.78, 5) is 29.2. The molecule has 0 aliphatic carbocycles. The molecule has 0 fully saturated rings. The van der Waals surface area contributed by atoms with E-state index in [2.05, 4.69) is 20.5 Å². The van der Waals surface area contributed by atoms with Gasteiger partial charge >= 0.3 is 6.18 Å². The number of hydrogen-bond donors (Lipinski definition) is 3. The van der Waals surface area contributed by atoms with Crippen molar-refractivity contribution in [3.8, 4) is 0 Å². The number of fused-ring (bicyclic) bond motifs is 2. The highest BCUT2D eigenvalue weighted by molar-refractivity contribution is 5.99. The van der Waals surface area contributed by atoms with E-state index in [0.717, 1.165) is 17.8 Å². The SMILES string of the molecule is CNC(=O)c1n[nH]c2c1CN(C(=O)c1cc3cc(C(F)(F)F)ccc3[nH]1)CC2. The van der Waals surface area contributed by atoms with E-state index in [-0.39, 0.29) is 29.7 Å². The predicted octanol–water partition coefficient (Wildman–Crippen LogP) is 2.47. The lowest BCUT2D eigenvalue weighted by Gasteiger charge is -2.26. The maximum Gasteiger partial charge on any atom is 0.416 e. The molecule has 3 heterocycles. The number of nitrogens with zero attached hydrogens (tertiary/aromatic N) is 2. The van der Waals surface area contributed by atoms with Crippen LogP contribution in [0.5, 0.6) is 0 Å². The van der Waals surface area contributed by atoms with Gasteiger partial charge in [-0.05, 0) is 24.3 Å². The number of H-pyrrole nitrogens is 2. The minimum absolute atomic E-state index is 0.191. The first-order valence-corrected chi connectivity index (χ1v) is 8.55. The molecular formula is C18H16F3N5O2. The highest BCUT2D eigenvalue weighted by Crippen LogP contribution is 2.32. The Balaban J connectivity index is 1.62. The molecule has 0 saturated carbocycles. The molecule has 0 radical (unpaired) electrons. The van der Waals surface area contributed by atoms with Crippen LogP contribution in [0.3, 0.4) is 0 Å². The number of benzene rings is 1. The number of carbonyl (C=O) groups is 2. The fourth-order valence-electron chi connectivity index (χ4n) is 3.37. The Kier molecular flexibility index (Phi) is 4.13. The fourth-order valence-corrected chi connectivity index (χ4v) is 3.37. The number of rotatable bonds is 2. The molecule has 3 N–H and O–H groups in total. The summed E-state index contributed by atoms with van der Waals surface area (Å²) in [6, 6.07) is 4.71. The fraction of sp³-hybridized carbons (Fsp3) is 0.278. The number of nitrogens with one attached hydrogen (secondary N) is 3. The molecule has 10 heteroatoms. The largest absolute Gasteiger partial charge is 0.416 e. The average Bonchev–Trinajstić information content (AvgIpc) is 3.28. The summed E-state index contributed by atoms with van der Waals surface area (Å²) < 4.78 is 38.7. The zero-order valence-electron chi connectivity index (χ0n) is 14.8. The van der Waals surface area contributed by atoms with E-state index in [1.165, 1.54) is 19.2 Å². The molecule has 7 nitrogen and oxygen atoms in total. The monoisotopic (exact) mass is 391 g/mol. The van der Waals surface area contributed by atoms with Crippen LogP contribution in [0.2, 0.25) is 0 Å². The van der Waals surface area contributed by atoms with Crippen LogP contribution < -0.4 is 5.32 Å². The van der Waals surface area contributed by atoms with Crippen LogP contribution in [-0.4, -0.2) is 45.5 Å². The highest BCUT2D eigenvalue weighted by atomic mass is 19.4. The van der Waals surface area contributed by atoms with Gasteiger partial charge in [-0.25, -0.2) is 0 Å². The molecule has 0 unspecified atom stereocenters. The van der Waals surface area contributed by atoms with Gasteiger partial charge in [-0.15, -0.1) is 0 Å². The highest BCUT2D eigenvalue weighted by Gasteiger charge is 2.31. The molecule has 0 bridgehead atoms. The number of aromatic amines is 2. The maximum atomic E-state index is 12.9. The molecule has 0 saturated heterocycles. The second-order valence-electron chi connectivity index (χ2n) is 6.57. The van der Waals surface area contributed by atoms with Crippen molar-refractivity contribution in [3.05, 3.63) is 52.5 Å². The minimum Gasteiger partial charge on any atom is -0.354 e. The molecule has 28 heavy (non-hydrogen) atoms. The van der Waals surface area contributed by atoms with Crippen molar-refractivity contribution in [2.24, 2.45) is 0 Å². The Hall–Kier alpha value is -3.30. The smallest absolute Gasteiger partial charge is 0.354 e. The Morgan fingerprint density at radius 1 is 1.25 bits per heavy atom. The first-order valence-electron chi connectivity index (χ1n) is 8.55. The van der Waals surface area contributed by atoms with Crippen LogP contribution in [0.1, 0.15) is 37.8 Å². The van der Waals surface area contributed by atoms with Gasteiger partial charge in [0.2, 0.25) is 0 Å². The zero-order valence-corrected chi connectivity index (χ0v) is 14.8. The molecule has 146 valence electrons. The Labute approximate surface area is 156 Å². The van der Waals surface area contributed by atoms with E-state index >= 15 is 0 Å². The van der Waals surface area contributed by atoms with Crippen LogP contribution in [0.25, 0.3) is 10.9 Å². The van der Waals surface area contributed by atoms with Crippen LogP contribution in [0.4, 0.5) is 13.2 Å².